The van der Waals surface area contributed by atoms with Crippen molar-refractivity contribution in [3.05, 3.63) is 60.2 Å². The third kappa shape index (κ3) is 5.57. The van der Waals surface area contributed by atoms with Crippen LogP contribution < -0.4 is 10.2 Å². The predicted molar refractivity (Wildman–Crippen MR) is 124 cm³/mol. The van der Waals surface area contributed by atoms with Crippen LogP contribution in [0.15, 0.2) is 54.6 Å². The molecule has 1 atom stereocenters. The Balaban J connectivity index is 1.25. The average Bonchev–Trinajstić information content (AvgIpc) is 2.81. The molecule has 4 rings (SSSR count). The molecule has 2 aliphatic heterocycles. The van der Waals surface area contributed by atoms with Crippen molar-refractivity contribution in [2.75, 3.05) is 49.5 Å². The van der Waals surface area contributed by atoms with Crippen LogP contribution in [-0.4, -0.2) is 61.0 Å². The van der Waals surface area contributed by atoms with Gasteiger partial charge in [0.15, 0.2) is 0 Å². The van der Waals surface area contributed by atoms with Gasteiger partial charge in [-0.05, 0) is 49.9 Å². The first-order chi connectivity index (χ1) is 15.1. The summed E-state index contributed by atoms with van der Waals surface area (Å²) < 4.78 is 0. The molecule has 164 valence electrons. The van der Waals surface area contributed by atoms with Crippen LogP contribution in [-0.2, 0) is 4.79 Å². The minimum absolute atomic E-state index is 0.0718. The summed E-state index contributed by atoms with van der Waals surface area (Å²) in [5.41, 5.74) is 3.20. The molecule has 0 aromatic heterocycles. The highest BCUT2D eigenvalue weighted by atomic mass is 16.2. The number of hydrogen-bond acceptors (Lipinski definition) is 3. The van der Waals surface area contributed by atoms with Gasteiger partial charge in [0.1, 0.15) is 0 Å². The van der Waals surface area contributed by atoms with E-state index in [0.717, 1.165) is 51.3 Å². The first-order valence-corrected chi connectivity index (χ1v) is 11.3. The van der Waals surface area contributed by atoms with Crippen LogP contribution in [0.2, 0.25) is 0 Å². The van der Waals surface area contributed by atoms with Crippen molar-refractivity contribution < 1.29 is 9.59 Å². The van der Waals surface area contributed by atoms with Crippen LogP contribution in [0.25, 0.3) is 0 Å². The van der Waals surface area contributed by atoms with Crippen LogP contribution in [0.1, 0.15) is 24.8 Å². The van der Waals surface area contributed by atoms with E-state index in [1.54, 1.807) is 0 Å². The van der Waals surface area contributed by atoms with Crippen molar-refractivity contribution in [3.63, 3.8) is 0 Å². The molecule has 2 fully saturated rings. The van der Waals surface area contributed by atoms with Crippen molar-refractivity contribution >= 4 is 23.3 Å². The molecule has 6 nitrogen and oxygen atoms in total. The fraction of sp³-hybridized carbons (Fsp3) is 0.440. The number of hydrogen-bond donors (Lipinski definition) is 1. The predicted octanol–water partition coefficient (Wildman–Crippen LogP) is 3.98. The van der Waals surface area contributed by atoms with Gasteiger partial charge in [-0.15, -0.1) is 0 Å². The lowest BCUT2D eigenvalue weighted by molar-refractivity contribution is -0.132. The van der Waals surface area contributed by atoms with Crippen LogP contribution in [0.3, 0.4) is 0 Å². The van der Waals surface area contributed by atoms with Gasteiger partial charge in [0.25, 0.3) is 0 Å². The lowest BCUT2D eigenvalue weighted by Crippen LogP contribution is -2.50. The minimum Gasteiger partial charge on any atom is -0.368 e. The average molecular weight is 421 g/mol. The Kier molecular flexibility index (Phi) is 6.75. The molecule has 2 saturated heterocycles. The summed E-state index contributed by atoms with van der Waals surface area (Å²) in [6.07, 6.45) is 2.48. The van der Waals surface area contributed by atoms with Crippen LogP contribution in [0.4, 0.5) is 16.2 Å². The summed E-state index contributed by atoms with van der Waals surface area (Å²) in [5, 5.41) is 2.98. The van der Waals surface area contributed by atoms with Gasteiger partial charge in [0, 0.05) is 57.1 Å². The number of aryl methyl sites for hydroxylation is 1. The number of para-hydroxylation sites is 1. The Labute approximate surface area is 184 Å². The Morgan fingerprint density at radius 2 is 1.61 bits per heavy atom. The Bertz CT molecular complexity index is 876. The first kappa shape index (κ1) is 21.2. The summed E-state index contributed by atoms with van der Waals surface area (Å²) in [4.78, 5) is 31.7. The van der Waals surface area contributed by atoms with E-state index in [1.807, 2.05) is 47.1 Å². The maximum absolute atomic E-state index is 12.9. The zero-order chi connectivity index (χ0) is 21.6. The SMILES string of the molecule is Cc1ccc(NC(=O)N2CCC[C@@H](CC(=O)N3CCN(c4ccccc4)CC3)C2)cc1. The number of amides is 3. The lowest BCUT2D eigenvalue weighted by Gasteiger charge is -2.38. The number of carbonyl (C=O) groups is 2. The molecule has 0 saturated carbocycles. The molecular formula is C25H32N4O2. The number of urea groups is 1. The van der Waals surface area contributed by atoms with E-state index in [4.69, 9.17) is 0 Å². The number of piperazine rings is 1. The van der Waals surface area contributed by atoms with E-state index in [1.165, 1.54) is 11.3 Å². The number of nitrogens with zero attached hydrogens (tertiary/aromatic N) is 3. The van der Waals surface area contributed by atoms with Crippen molar-refractivity contribution in [3.8, 4) is 0 Å². The molecule has 0 unspecified atom stereocenters. The van der Waals surface area contributed by atoms with Crippen molar-refractivity contribution in [1.82, 2.24) is 9.80 Å². The van der Waals surface area contributed by atoms with Crippen LogP contribution >= 0.6 is 0 Å². The topological polar surface area (TPSA) is 55.9 Å². The summed E-state index contributed by atoms with van der Waals surface area (Å²) in [6, 6.07) is 18.1. The van der Waals surface area contributed by atoms with E-state index >= 15 is 0 Å². The Morgan fingerprint density at radius 3 is 2.32 bits per heavy atom. The third-order valence-electron chi connectivity index (χ3n) is 6.33. The molecule has 0 aliphatic carbocycles. The second kappa shape index (κ2) is 9.86. The van der Waals surface area contributed by atoms with Gasteiger partial charge in [0.2, 0.25) is 5.91 Å². The van der Waals surface area contributed by atoms with Gasteiger partial charge < -0.3 is 20.0 Å². The second-order valence-corrected chi connectivity index (χ2v) is 8.66. The summed E-state index contributed by atoms with van der Waals surface area (Å²) >= 11 is 0. The zero-order valence-corrected chi connectivity index (χ0v) is 18.3. The number of carbonyl (C=O) groups excluding carboxylic acids is 2. The molecule has 0 radical (unpaired) electrons. The second-order valence-electron chi connectivity index (χ2n) is 8.66. The molecular weight excluding hydrogens is 388 g/mol. The van der Waals surface area contributed by atoms with Gasteiger partial charge in [-0.3, -0.25) is 4.79 Å². The maximum atomic E-state index is 12.9. The molecule has 2 aromatic rings. The molecule has 0 spiro atoms. The Morgan fingerprint density at radius 1 is 0.903 bits per heavy atom. The van der Waals surface area contributed by atoms with E-state index in [-0.39, 0.29) is 17.9 Å². The minimum atomic E-state index is -0.0718. The van der Waals surface area contributed by atoms with E-state index in [9.17, 15) is 9.59 Å². The molecule has 2 aromatic carbocycles. The van der Waals surface area contributed by atoms with Crippen LogP contribution in [0.5, 0.6) is 0 Å². The number of likely N-dealkylation sites (tertiary alicyclic amines) is 1. The molecule has 0 bridgehead atoms. The van der Waals surface area contributed by atoms with Crippen molar-refractivity contribution in [2.45, 2.75) is 26.2 Å². The number of piperidine rings is 1. The van der Waals surface area contributed by atoms with Crippen molar-refractivity contribution in [1.29, 1.82) is 0 Å². The summed E-state index contributed by atoms with van der Waals surface area (Å²) in [7, 11) is 0. The number of anilines is 2. The maximum Gasteiger partial charge on any atom is 0.321 e. The standard InChI is InChI=1S/C25H32N4O2/c1-20-9-11-22(12-10-20)26-25(31)29-13-5-6-21(19-29)18-24(30)28-16-14-27(15-17-28)23-7-3-2-4-8-23/h2-4,7-12,21H,5-6,13-19H2,1H3,(H,26,31)/t21-/m0/s1. The number of nitrogens with one attached hydrogen (secondary N) is 1. The molecule has 2 heterocycles. The third-order valence-corrected chi connectivity index (χ3v) is 6.33. The van der Waals surface area contributed by atoms with E-state index < -0.39 is 0 Å². The smallest absolute Gasteiger partial charge is 0.321 e. The molecule has 31 heavy (non-hydrogen) atoms. The molecule has 6 heteroatoms. The van der Waals surface area contributed by atoms with Gasteiger partial charge in [0.05, 0.1) is 0 Å². The fourth-order valence-corrected chi connectivity index (χ4v) is 4.48. The summed E-state index contributed by atoms with van der Waals surface area (Å²) in [6.45, 7) is 6.68. The monoisotopic (exact) mass is 420 g/mol. The Hall–Kier alpha value is -3.02. The fourth-order valence-electron chi connectivity index (χ4n) is 4.48. The van der Waals surface area contributed by atoms with Crippen LogP contribution in [0, 0.1) is 12.8 Å². The number of rotatable bonds is 4. The largest absolute Gasteiger partial charge is 0.368 e. The highest BCUT2D eigenvalue weighted by Crippen LogP contribution is 2.23. The van der Waals surface area contributed by atoms with Gasteiger partial charge in [-0.1, -0.05) is 35.9 Å². The van der Waals surface area contributed by atoms with Gasteiger partial charge in [-0.25, -0.2) is 4.79 Å². The normalized spacial score (nSPS) is 19.3. The first-order valence-electron chi connectivity index (χ1n) is 11.3. The highest BCUT2D eigenvalue weighted by Gasteiger charge is 2.28. The summed E-state index contributed by atoms with van der Waals surface area (Å²) in [5.74, 6) is 0.454. The van der Waals surface area contributed by atoms with E-state index in [2.05, 4.69) is 34.5 Å². The highest BCUT2D eigenvalue weighted by molar-refractivity contribution is 5.89. The molecule has 1 N–H and O–H groups in total. The number of benzene rings is 2. The lowest BCUT2D eigenvalue weighted by atomic mass is 9.94. The van der Waals surface area contributed by atoms with Gasteiger partial charge in [-0.2, -0.15) is 0 Å². The molecule has 2 aliphatic rings. The quantitative estimate of drug-likeness (QED) is 0.814. The van der Waals surface area contributed by atoms with Crippen molar-refractivity contribution in [2.24, 2.45) is 5.92 Å². The molecule has 3 amide bonds. The zero-order valence-electron chi connectivity index (χ0n) is 18.3. The van der Waals surface area contributed by atoms with Gasteiger partial charge >= 0.3 is 6.03 Å². The van der Waals surface area contributed by atoms with E-state index in [0.29, 0.717) is 13.0 Å².